The number of anilines is 2. The van der Waals surface area contributed by atoms with Gasteiger partial charge in [-0.15, -0.1) is 0 Å². The highest BCUT2D eigenvalue weighted by molar-refractivity contribution is 8.04. The van der Waals surface area contributed by atoms with Gasteiger partial charge in [0.05, 0.1) is 21.2 Å². The predicted molar refractivity (Wildman–Crippen MR) is 138 cm³/mol. The lowest BCUT2D eigenvalue weighted by molar-refractivity contribution is -0.134. The highest BCUT2D eigenvalue weighted by Crippen LogP contribution is 2.40. The molecule has 9 heteroatoms. The van der Waals surface area contributed by atoms with Gasteiger partial charge in [0.2, 0.25) is 0 Å². The fraction of sp³-hybridized carbons (Fsp3) is 0.154. The summed E-state index contributed by atoms with van der Waals surface area (Å²) in [5.41, 5.74) is 4.55. The van der Waals surface area contributed by atoms with Crippen LogP contribution in [-0.2, 0) is 25.2 Å². The molecule has 1 heterocycles. The van der Waals surface area contributed by atoms with Crippen molar-refractivity contribution in [3.8, 4) is 0 Å². The first-order chi connectivity index (χ1) is 16.6. The molecule has 1 amide bonds. The molecule has 0 atom stereocenters. The van der Waals surface area contributed by atoms with Gasteiger partial charge in [-0.2, -0.15) is 0 Å². The second-order valence-corrected chi connectivity index (χ2v) is 11.3. The SMILES string of the molecule is Cc1cccc(C)c1CS(=O)(=O)c1ccc2c(c1)NC(=O)/C(=C\c1ccc(NCC(=O)O)cc1)S2. The van der Waals surface area contributed by atoms with Gasteiger partial charge in [0.25, 0.3) is 5.91 Å². The van der Waals surface area contributed by atoms with Crippen LogP contribution in [0.2, 0.25) is 0 Å². The second-order valence-electron chi connectivity index (χ2n) is 8.22. The summed E-state index contributed by atoms with van der Waals surface area (Å²) in [6.45, 7) is 3.61. The summed E-state index contributed by atoms with van der Waals surface area (Å²) >= 11 is 1.27. The number of fused-ring (bicyclic) bond motifs is 1. The number of carboxylic acids is 1. The molecule has 0 unspecified atom stereocenters. The minimum absolute atomic E-state index is 0.103. The maximum Gasteiger partial charge on any atom is 0.322 e. The van der Waals surface area contributed by atoms with E-state index in [0.29, 0.717) is 16.3 Å². The molecule has 0 fully saturated rings. The average Bonchev–Trinajstić information content (AvgIpc) is 2.81. The molecule has 0 spiro atoms. The summed E-state index contributed by atoms with van der Waals surface area (Å²) < 4.78 is 26.2. The van der Waals surface area contributed by atoms with Crippen LogP contribution in [0.3, 0.4) is 0 Å². The molecule has 0 saturated heterocycles. The van der Waals surface area contributed by atoms with Crippen LogP contribution in [-0.4, -0.2) is 31.9 Å². The summed E-state index contributed by atoms with van der Waals surface area (Å²) in [7, 11) is -3.60. The highest BCUT2D eigenvalue weighted by atomic mass is 32.2. The van der Waals surface area contributed by atoms with E-state index in [9.17, 15) is 18.0 Å². The smallest absolute Gasteiger partial charge is 0.322 e. The topological polar surface area (TPSA) is 113 Å². The van der Waals surface area contributed by atoms with E-state index in [1.54, 1.807) is 42.5 Å². The first kappa shape index (κ1) is 24.6. The van der Waals surface area contributed by atoms with Gasteiger partial charge in [0.1, 0.15) is 6.54 Å². The Morgan fingerprint density at radius 2 is 1.74 bits per heavy atom. The first-order valence-electron chi connectivity index (χ1n) is 10.8. The Balaban J connectivity index is 1.53. The van der Waals surface area contributed by atoms with Crippen molar-refractivity contribution in [1.82, 2.24) is 0 Å². The van der Waals surface area contributed by atoms with Crippen molar-refractivity contribution in [1.29, 1.82) is 0 Å². The number of amides is 1. The lowest BCUT2D eigenvalue weighted by Crippen LogP contribution is -2.18. The van der Waals surface area contributed by atoms with Crippen LogP contribution < -0.4 is 10.6 Å². The van der Waals surface area contributed by atoms with Gasteiger partial charge in [0, 0.05) is 10.6 Å². The third-order valence-corrected chi connectivity index (χ3v) is 8.37. The predicted octanol–water partition coefficient (Wildman–Crippen LogP) is 4.86. The maximum atomic E-state index is 13.1. The largest absolute Gasteiger partial charge is 0.480 e. The van der Waals surface area contributed by atoms with Gasteiger partial charge in [-0.3, -0.25) is 9.59 Å². The number of rotatable bonds is 7. The number of carbonyl (C=O) groups excluding carboxylic acids is 1. The van der Waals surface area contributed by atoms with E-state index in [1.165, 1.54) is 17.8 Å². The minimum atomic E-state index is -3.60. The second kappa shape index (κ2) is 9.97. The van der Waals surface area contributed by atoms with Crippen LogP contribution in [0, 0.1) is 13.8 Å². The number of aryl methyl sites for hydroxylation is 2. The Morgan fingerprint density at radius 1 is 1.06 bits per heavy atom. The molecule has 180 valence electrons. The van der Waals surface area contributed by atoms with E-state index in [4.69, 9.17) is 5.11 Å². The first-order valence-corrected chi connectivity index (χ1v) is 13.3. The average molecular weight is 509 g/mol. The van der Waals surface area contributed by atoms with Crippen LogP contribution in [0.15, 0.2) is 75.4 Å². The van der Waals surface area contributed by atoms with Crippen molar-refractivity contribution in [2.24, 2.45) is 0 Å². The van der Waals surface area contributed by atoms with Crippen LogP contribution >= 0.6 is 11.8 Å². The third kappa shape index (κ3) is 5.75. The zero-order valence-electron chi connectivity index (χ0n) is 19.2. The van der Waals surface area contributed by atoms with Gasteiger partial charge < -0.3 is 15.7 Å². The monoisotopic (exact) mass is 508 g/mol. The highest BCUT2D eigenvalue weighted by Gasteiger charge is 2.25. The minimum Gasteiger partial charge on any atom is -0.480 e. The number of carbonyl (C=O) groups is 2. The number of benzene rings is 3. The number of carboxylic acid groups (broad SMARTS) is 1. The van der Waals surface area contributed by atoms with Gasteiger partial charge in [0.15, 0.2) is 9.84 Å². The fourth-order valence-corrected chi connectivity index (χ4v) is 6.22. The third-order valence-electron chi connectivity index (χ3n) is 5.63. The van der Waals surface area contributed by atoms with Crippen LogP contribution in [0.4, 0.5) is 11.4 Å². The van der Waals surface area contributed by atoms with Gasteiger partial charge >= 0.3 is 5.97 Å². The lowest BCUT2D eigenvalue weighted by atomic mass is 10.1. The molecule has 3 aromatic rings. The normalized spacial score (nSPS) is 14.3. The molecule has 0 aliphatic carbocycles. The Labute approximate surface area is 208 Å². The molecular formula is C26H24N2O5S2. The Bertz CT molecular complexity index is 1420. The summed E-state index contributed by atoms with van der Waals surface area (Å²) in [6.07, 6.45) is 1.73. The Kier molecular flexibility index (Phi) is 7.00. The van der Waals surface area contributed by atoms with E-state index in [-0.39, 0.29) is 23.1 Å². The number of aliphatic carboxylic acids is 1. The molecular weight excluding hydrogens is 484 g/mol. The Morgan fingerprint density at radius 3 is 2.40 bits per heavy atom. The quantitative estimate of drug-likeness (QED) is 0.391. The maximum absolute atomic E-state index is 13.1. The molecule has 0 aromatic heterocycles. The zero-order chi connectivity index (χ0) is 25.2. The van der Waals surface area contributed by atoms with Crippen molar-refractivity contribution in [3.05, 3.63) is 87.8 Å². The number of hydrogen-bond acceptors (Lipinski definition) is 6. The molecule has 0 bridgehead atoms. The van der Waals surface area contributed by atoms with E-state index >= 15 is 0 Å². The molecule has 1 aliphatic rings. The number of thioether (sulfide) groups is 1. The molecule has 1 aliphatic heterocycles. The molecule has 0 radical (unpaired) electrons. The Hall–Kier alpha value is -3.56. The van der Waals surface area contributed by atoms with Crippen molar-refractivity contribution < 1.29 is 23.1 Å². The van der Waals surface area contributed by atoms with E-state index in [1.807, 2.05) is 32.0 Å². The van der Waals surface area contributed by atoms with Crippen LogP contribution in [0.25, 0.3) is 6.08 Å². The van der Waals surface area contributed by atoms with E-state index in [0.717, 1.165) is 27.1 Å². The summed E-state index contributed by atoms with van der Waals surface area (Å²) in [5.74, 6) is -1.38. The van der Waals surface area contributed by atoms with Crippen LogP contribution in [0.1, 0.15) is 22.3 Å². The van der Waals surface area contributed by atoms with Gasteiger partial charge in [-0.1, -0.05) is 42.1 Å². The fourth-order valence-electron chi connectivity index (χ4n) is 3.71. The molecule has 7 nitrogen and oxygen atoms in total. The molecule has 3 aromatic carbocycles. The number of hydrogen-bond donors (Lipinski definition) is 3. The molecule has 4 rings (SSSR count). The van der Waals surface area contributed by atoms with Gasteiger partial charge in [-0.25, -0.2) is 8.42 Å². The van der Waals surface area contributed by atoms with E-state index < -0.39 is 15.8 Å². The van der Waals surface area contributed by atoms with Crippen molar-refractivity contribution >= 4 is 50.9 Å². The molecule has 0 saturated carbocycles. The van der Waals surface area contributed by atoms with Crippen molar-refractivity contribution in [3.63, 3.8) is 0 Å². The van der Waals surface area contributed by atoms with Crippen molar-refractivity contribution in [2.45, 2.75) is 29.4 Å². The lowest BCUT2D eigenvalue weighted by Gasteiger charge is -2.20. The number of sulfone groups is 1. The number of nitrogens with one attached hydrogen (secondary N) is 2. The summed E-state index contributed by atoms with van der Waals surface area (Å²) in [6, 6.07) is 17.5. The molecule has 35 heavy (non-hydrogen) atoms. The summed E-state index contributed by atoms with van der Waals surface area (Å²) in [4.78, 5) is 24.8. The standard InChI is InChI=1S/C26H24N2O5S2/c1-16-4-3-5-17(2)21(16)15-35(32,33)20-10-11-23-22(13-20)28-26(31)24(34-23)12-18-6-8-19(9-7-18)27-14-25(29)30/h3-13,27H,14-15H2,1-2H3,(H,28,31)(H,29,30)/b24-12+. The summed E-state index contributed by atoms with van der Waals surface area (Å²) in [5, 5.41) is 14.3. The van der Waals surface area contributed by atoms with Gasteiger partial charge in [-0.05, 0) is 72.5 Å². The molecule has 3 N–H and O–H groups in total. The van der Waals surface area contributed by atoms with E-state index in [2.05, 4.69) is 10.6 Å². The zero-order valence-corrected chi connectivity index (χ0v) is 20.8. The van der Waals surface area contributed by atoms with Crippen molar-refractivity contribution in [2.75, 3.05) is 17.2 Å². The van der Waals surface area contributed by atoms with Crippen LogP contribution in [0.5, 0.6) is 0 Å².